The normalized spacial score (nSPS) is 10.4. The molecule has 0 aliphatic carbocycles. The van der Waals surface area contributed by atoms with Crippen LogP contribution in [0.4, 0.5) is 5.69 Å². The Bertz CT molecular complexity index is 654. The highest BCUT2D eigenvalue weighted by Gasteiger charge is 2.12. The van der Waals surface area contributed by atoms with Crippen molar-refractivity contribution in [3.8, 4) is 0 Å². The van der Waals surface area contributed by atoms with Crippen LogP contribution in [0.25, 0.3) is 0 Å². The van der Waals surface area contributed by atoms with E-state index in [-0.39, 0.29) is 10.6 Å². The van der Waals surface area contributed by atoms with Crippen molar-refractivity contribution in [3.05, 3.63) is 44.3 Å². The van der Waals surface area contributed by atoms with Gasteiger partial charge in [0, 0.05) is 16.3 Å². The van der Waals surface area contributed by atoms with E-state index >= 15 is 0 Å². The Morgan fingerprint density at radius 3 is 2.79 bits per heavy atom. The molecule has 0 spiro atoms. The predicted octanol–water partition coefficient (Wildman–Crippen LogP) is 3.21. The van der Waals surface area contributed by atoms with E-state index in [0.29, 0.717) is 10.6 Å². The Morgan fingerprint density at radius 1 is 1.53 bits per heavy atom. The molecule has 0 saturated carbocycles. The second-order valence-electron chi connectivity index (χ2n) is 3.63. The van der Waals surface area contributed by atoms with E-state index in [9.17, 15) is 14.9 Å². The lowest BCUT2D eigenvalue weighted by Crippen LogP contribution is -1.92. The Morgan fingerprint density at radius 2 is 2.26 bits per heavy atom. The van der Waals surface area contributed by atoms with Crippen LogP contribution in [0.15, 0.2) is 33.6 Å². The number of hydrogen-bond donors (Lipinski definition) is 1. The molecule has 2 aromatic rings. The van der Waals surface area contributed by atoms with Crippen LogP contribution in [0.5, 0.6) is 0 Å². The Balaban J connectivity index is 2.23. The highest BCUT2D eigenvalue weighted by molar-refractivity contribution is 7.99. The smallest absolute Gasteiger partial charge is 0.345 e. The summed E-state index contributed by atoms with van der Waals surface area (Å²) in [7, 11) is 0. The van der Waals surface area contributed by atoms with Gasteiger partial charge < -0.3 is 5.11 Å². The topological polar surface area (TPSA) is 93.3 Å². The fourth-order valence-electron chi connectivity index (χ4n) is 1.35. The van der Waals surface area contributed by atoms with Gasteiger partial charge >= 0.3 is 5.97 Å². The molecule has 0 radical (unpaired) electrons. The Kier molecular flexibility index (Phi) is 3.82. The molecule has 0 aliphatic heterocycles. The summed E-state index contributed by atoms with van der Waals surface area (Å²) < 4.78 is 0. The maximum Gasteiger partial charge on any atom is 0.345 e. The van der Waals surface area contributed by atoms with Crippen molar-refractivity contribution in [3.63, 3.8) is 0 Å². The molecule has 0 amide bonds. The minimum Gasteiger partial charge on any atom is -0.477 e. The molecule has 19 heavy (non-hydrogen) atoms. The zero-order valence-corrected chi connectivity index (χ0v) is 11.3. The first-order chi connectivity index (χ1) is 8.97. The number of nitro groups is 1. The summed E-state index contributed by atoms with van der Waals surface area (Å²) in [6.45, 7) is 1.73. The van der Waals surface area contributed by atoms with Crippen LogP contribution < -0.4 is 0 Å². The largest absolute Gasteiger partial charge is 0.477 e. The standard InChI is InChI=1S/C11H8N2O4S2/c1-6-2-7(13(16)17)4-12-10(6)19-8-3-9(11(14)15)18-5-8/h2-5H,1H3,(H,14,15). The van der Waals surface area contributed by atoms with Gasteiger partial charge in [-0.3, -0.25) is 10.1 Å². The summed E-state index contributed by atoms with van der Waals surface area (Å²) in [5.41, 5.74) is 0.626. The number of carboxylic acid groups (broad SMARTS) is 1. The predicted molar refractivity (Wildman–Crippen MR) is 71.0 cm³/mol. The maximum absolute atomic E-state index is 10.8. The van der Waals surface area contributed by atoms with Crippen LogP contribution in [0.3, 0.4) is 0 Å². The summed E-state index contributed by atoms with van der Waals surface area (Å²) >= 11 is 2.42. The summed E-state index contributed by atoms with van der Waals surface area (Å²) in [5.74, 6) is -0.967. The van der Waals surface area contributed by atoms with E-state index in [4.69, 9.17) is 5.11 Å². The summed E-state index contributed by atoms with van der Waals surface area (Å²) in [6.07, 6.45) is 1.19. The molecule has 8 heteroatoms. The fourth-order valence-corrected chi connectivity index (χ4v) is 3.09. The number of rotatable bonds is 4. The Hall–Kier alpha value is -1.93. The molecular formula is C11H8N2O4S2. The van der Waals surface area contributed by atoms with E-state index in [0.717, 1.165) is 16.2 Å². The summed E-state index contributed by atoms with van der Waals surface area (Å²) in [6, 6.07) is 3.00. The third kappa shape index (κ3) is 3.09. The molecule has 6 nitrogen and oxygen atoms in total. The van der Waals surface area contributed by atoms with Crippen molar-refractivity contribution in [2.45, 2.75) is 16.8 Å². The molecule has 2 heterocycles. The number of aromatic nitrogens is 1. The highest BCUT2D eigenvalue weighted by atomic mass is 32.2. The fraction of sp³-hybridized carbons (Fsp3) is 0.0909. The third-order valence-corrected chi connectivity index (χ3v) is 4.39. The number of aryl methyl sites for hydroxylation is 1. The van der Waals surface area contributed by atoms with Gasteiger partial charge in [0.05, 0.1) is 4.92 Å². The van der Waals surface area contributed by atoms with Gasteiger partial charge in [0.25, 0.3) is 5.69 Å². The molecule has 0 bridgehead atoms. The van der Waals surface area contributed by atoms with Crippen molar-refractivity contribution in [2.75, 3.05) is 0 Å². The van der Waals surface area contributed by atoms with Crippen LogP contribution in [0.1, 0.15) is 15.2 Å². The second kappa shape index (κ2) is 5.37. The molecule has 98 valence electrons. The molecule has 0 unspecified atom stereocenters. The van der Waals surface area contributed by atoms with Crippen LogP contribution >= 0.6 is 23.1 Å². The molecule has 2 aromatic heterocycles. The van der Waals surface area contributed by atoms with Gasteiger partial charge in [-0.1, -0.05) is 11.8 Å². The van der Waals surface area contributed by atoms with E-state index < -0.39 is 10.9 Å². The minimum atomic E-state index is -0.967. The molecule has 1 N–H and O–H groups in total. The number of aromatic carboxylic acids is 1. The van der Waals surface area contributed by atoms with Crippen molar-refractivity contribution >= 4 is 34.8 Å². The van der Waals surface area contributed by atoms with Gasteiger partial charge in [0.1, 0.15) is 16.1 Å². The van der Waals surface area contributed by atoms with Gasteiger partial charge in [-0.25, -0.2) is 9.78 Å². The van der Waals surface area contributed by atoms with Crippen LogP contribution in [-0.2, 0) is 0 Å². The quantitative estimate of drug-likeness (QED) is 0.687. The minimum absolute atomic E-state index is 0.0570. The zero-order chi connectivity index (χ0) is 14.0. The molecule has 0 aliphatic rings. The zero-order valence-electron chi connectivity index (χ0n) is 9.69. The van der Waals surface area contributed by atoms with Gasteiger partial charge in [0.15, 0.2) is 0 Å². The first-order valence-electron chi connectivity index (χ1n) is 5.08. The van der Waals surface area contributed by atoms with Gasteiger partial charge in [-0.05, 0) is 18.6 Å². The van der Waals surface area contributed by atoms with E-state index in [1.54, 1.807) is 18.4 Å². The SMILES string of the molecule is Cc1cc([N+](=O)[O-])cnc1Sc1csc(C(=O)O)c1. The summed E-state index contributed by atoms with van der Waals surface area (Å²) in [5, 5.41) is 21.8. The molecule has 0 saturated heterocycles. The summed E-state index contributed by atoms with van der Waals surface area (Å²) in [4.78, 5) is 25.9. The number of hydrogen-bond acceptors (Lipinski definition) is 6. The van der Waals surface area contributed by atoms with Gasteiger partial charge in [-0.15, -0.1) is 11.3 Å². The average molecular weight is 296 g/mol. The first kappa shape index (κ1) is 13.5. The Labute approximate surface area is 116 Å². The molecule has 0 atom stereocenters. The molecule has 0 fully saturated rings. The van der Waals surface area contributed by atoms with Gasteiger partial charge in [-0.2, -0.15) is 0 Å². The van der Waals surface area contributed by atoms with E-state index in [2.05, 4.69) is 4.98 Å². The van der Waals surface area contributed by atoms with E-state index in [1.165, 1.54) is 24.0 Å². The van der Waals surface area contributed by atoms with Gasteiger partial charge in [0.2, 0.25) is 0 Å². The second-order valence-corrected chi connectivity index (χ2v) is 5.60. The van der Waals surface area contributed by atoms with E-state index in [1.807, 2.05) is 0 Å². The lowest BCUT2D eigenvalue weighted by Gasteiger charge is -2.02. The lowest BCUT2D eigenvalue weighted by atomic mass is 10.3. The maximum atomic E-state index is 10.8. The number of pyridine rings is 1. The van der Waals surface area contributed by atoms with Crippen molar-refractivity contribution in [2.24, 2.45) is 0 Å². The van der Waals surface area contributed by atoms with Crippen molar-refractivity contribution < 1.29 is 14.8 Å². The van der Waals surface area contributed by atoms with Crippen LogP contribution in [0.2, 0.25) is 0 Å². The van der Waals surface area contributed by atoms with Crippen molar-refractivity contribution in [1.29, 1.82) is 0 Å². The number of thiophene rings is 1. The monoisotopic (exact) mass is 296 g/mol. The van der Waals surface area contributed by atoms with Crippen LogP contribution in [-0.4, -0.2) is 21.0 Å². The molecular weight excluding hydrogens is 288 g/mol. The third-order valence-electron chi connectivity index (χ3n) is 2.23. The number of nitrogens with zero attached hydrogens (tertiary/aromatic N) is 2. The molecule has 0 aromatic carbocycles. The van der Waals surface area contributed by atoms with Crippen molar-refractivity contribution in [1.82, 2.24) is 4.98 Å². The average Bonchev–Trinajstić information content (AvgIpc) is 2.80. The number of carboxylic acids is 1. The van der Waals surface area contributed by atoms with Crippen LogP contribution in [0, 0.1) is 17.0 Å². The molecule has 2 rings (SSSR count). The highest BCUT2D eigenvalue weighted by Crippen LogP contribution is 2.32. The lowest BCUT2D eigenvalue weighted by molar-refractivity contribution is -0.385. The first-order valence-corrected chi connectivity index (χ1v) is 6.77. The number of carbonyl (C=O) groups is 1.